The standard InChI is InChI=1S/C12H16ClNO4S/c1-2-7-19(16,17)8-6-18-12(15)11-9(13)4-3-5-10(11)14/h3-5H,2,6-8,14H2,1H3. The van der Waals surface area contributed by atoms with E-state index in [0.29, 0.717) is 6.42 Å². The highest BCUT2D eigenvalue weighted by atomic mass is 35.5. The predicted octanol–water partition coefficient (Wildman–Crippen LogP) is 1.90. The van der Waals surface area contributed by atoms with E-state index in [9.17, 15) is 13.2 Å². The van der Waals surface area contributed by atoms with Crippen LogP contribution in [0.1, 0.15) is 23.7 Å². The largest absolute Gasteiger partial charge is 0.461 e. The van der Waals surface area contributed by atoms with Gasteiger partial charge in [-0.1, -0.05) is 24.6 Å². The summed E-state index contributed by atoms with van der Waals surface area (Å²) in [5, 5.41) is 0.182. The molecule has 0 heterocycles. The molecule has 0 aromatic heterocycles. The molecule has 1 aromatic carbocycles. The summed E-state index contributed by atoms with van der Waals surface area (Å²) in [4.78, 5) is 11.7. The molecule has 0 aliphatic carbocycles. The van der Waals surface area contributed by atoms with Crippen LogP contribution in [0.5, 0.6) is 0 Å². The van der Waals surface area contributed by atoms with E-state index in [4.69, 9.17) is 22.1 Å². The first-order chi connectivity index (χ1) is 8.87. The average molecular weight is 306 g/mol. The quantitative estimate of drug-likeness (QED) is 0.641. The van der Waals surface area contributed by atoms with Crippen LogP contribution in [0.4, 0.5) is 5.69 Å². The molecule has 0 atom stereocenters. The van der Waals surface area contributed by atoms with Gasteiger partial charge in [0.1, 0.15) is 12.2 Å². The minimum absolute atomic E-state index is 0.0667. The second kappa shape index (κ2) is 6.77. The van der Waals surface area contributed by atoms with Gasteiger partial charge in [-0.15, -0.1) is 0 Å². The Morgan fingerprint density at radius 2 is 2.05 bits per heavy atom. The third-order valence-corrected chi connectivity index (χ3v) is 4.53. The zero-order valence-corrected chi connectivity index (χ0v) is 12.1. The van der Waals surface area contributed by atoms with Gasteiger partial charge in [-0.05, 0) is 18.6 Å². The lowest BCUT2D eigenvalue weighted by Gasteiger charge is -2.08. The van der Waals surface area contributed by atoms with Gasteiger partial charge >= 0.3 is 5.97 Å². The number of halogens is 1. The van der Waals surface area contributed by atoms with Crippen LogP contribution in [0, 0.1) is 0 Å². The van der Waals surface area contributed by atoms with Gasteiger partial charge in [-0.2, -0.15) is 0 Å². The van der Waals surface area contributed by atoms with Crippen LogP contribution in [0.2, 0.25) is 5.02 Å². The molecule has 19 heavy (non-hydrogen) atoms. The number of esters is 1. The van der Waals surface area contributed by atoms with Gasteiger partial charge in [0, 0.05) is 5.69 Å². The minimum atomic E-state index is -3.17. The van der Waals surface area contributed by atoms with E-state index in [1.165, 1.54) is 12.1 Å². The number of hydrogen-bond donors (Lipinski definition) is 1. The number of hydrogen-bond acceptors (Lipinski definition) is 5. The third kappa shape index (κ3) is 4.72. The van der Waals surface area contributed by atoms with Gasteiger partial charge in [-0.25, -0.2) is 13.2 Å². The Bertz CT molecular complexity index is 537. The molecule has 0 amide bonds. The van der Waals surface area contributed by atoms with E-state index >= 15 is 0 Å². The lowest BCUT2D eigenvalue weighted by molar-refractivity contribution is 0.0530. The highest BCUT2D eigenvalue weighted by Gasteiger charge is 2.17. The number of sulfone groups is 1. The Hall–Kier alpha value is -1.27. The maximum atomic E-state index is 11.7. The Morgan fingerprint density at radius 1 is 1.37 bits per heavy atom. The highest BCUT2D eigenvalue weighted by molar-refractivity contribution is 7.91. The van der Waals surface area contributed by atoms with Crippen molar-refractivity contribution in [1.29, 1.82) is 0 Å². The number of nitrogens with two attached hydrogens (primary N) is 1. The molecule has 0 saturated heterocycles. The molecule has 0 aliphatic rings. The minimum Gasteiger partial charge on any atom is -0.461 e. The van der Waals surface area contributed by atoms with E-state index in [0.717, 1.165) is 0 Å². The summed E-state index contributed by atoms with van der Waals surface area (Å²) in [6.07, 6.45) is 0.535. The van der Waals surface area contributed by atoms with Crippen LogP contribution in [0.25, 0.3) is 0 Å². The van der Waals surface area contributed by atoms with Crippen molar-refractivity contribution in [3.8, 4) is 0 Å². The molecular weight excluding hydrogens is 290 g/mol. The molecule has 106 valence electrons. The Balaban J connectivity index is 2.62. The Labute approximate surface area is 117 Å². The topological polar surface area (TPSA) is 86.5 Å². The van der Waals surface area contributed by atoms with E-state index in [2.05, 4.69) is 0 Å². The van der Waals surface area contributed by atoms with Crippen molar-refractivity contribution < 1.29 is 17.9 Å². The van der Waals surface area contributed by atoms with Gasteiger partial charge in [0.15, 0.2) is 9.84 Å². The fourth-order valence-electron chi connectivity index (χ4n) is 1.50. The lowest BCUT2D eigenvalue weighted by atomic mass is 10.2. The van der Waals surface area contributed by atoms with Crippen LogP contribution in [-0.2, 0) is 14.6 Å². The van der Waals surface area contributed by atoms with E-state index in [1.807, 2.05) is 0 Å². The third-order valence-electron chi connectivity index (χ3n) is 2.39. The first-order valence-electron chi connectivity index (χ1n) is 5.79. The molecule has 0 spiro atoms. The smallest absolute Gasteiger partial charge is 0.341 e. The maximum Gasteiger partial charge on any atom is 0.341 e. The molecule has 2 N–H and O–H groups in total. The number of rotatable bonds is 6. The number of carbonyl (C=O) groups is 1. The summed E-state index contributed by atoms with van der Waals surface area (Å²) in [6.45, 7) is 1.57. The number of carbonyl (C=O) groups excluding carboxylic acids is 1. The van der Waals surface area contributed by atoms with Crippen LogP contribution < -0.4 is 5.73 Å². The number of ether oxygens (including phenoxy) is 1. The average Bonchev–Trinajstić information content (AvgIpc) is 2.28. The molecule has 0 saturated carbocycles. The van der Waals surface area contributed by atoms with Crippen molar-refractivity contribution in [2.45, 2.75) is 13.3 Å². The van der Waals surface area contributed by atoms with Crippen molar-refractivity contribution in [3.05, 3.63) is 28.8 Å². The molecule has 0 fully saturated rings. The van der Waals surface area contributed by atoms with Gasteiger partial charge in [0.25, 0.3) is 0 Å². The van der Waals surface area contributed by atoms with Crippen LogP contribution in [0.3, 0.4) is 0 Å². The SMILES string of the molecule is CCCS(=O)(=O)CCOC(=O)c1c(N)cccc1Cl. The molecule has 1 aromatic rings. The second-order valence-corrected chi connectivity index (χ2v) is 6.70. The molecule has 0 unspecified atom stereocenters. The number of anilines is 1. The fraction of sp³-hybridized carbons (Fsp3) is 0.417. The molecule has 0 bridgehead atoms. The number of benzene rings is 1. The maximum absolute atomic E-state index is 11.7. The van der Waals surface area contributed by atoms with Crippen LogP contribution in [0.15, 0.2) is 18.2 Å². The van der Waals surface area contributed by atoms with Crippen molar-refractivity contribution in [1.82, 2.24) is 0 Å². The lowest BCUT2D eigenvalue weighted by Crippen LogP contribution is -2.18. The number of nitrogen functional groups attached to an aromatic ring is 1. The molecule has 7 heteroatoms. The summed E-state index contributed by atoms with van der Waals surface area (Å²) < 4.78 is 27.8. The monoisotopic (exact) mass is 305 g/mol. The van der Waals surface area contributed by atoms with Crippen molar-refractivity contribution >= 4 is 33.1 Å². The highest BCUT2D eigenvalue weighted by Crippen LogP contribution is 2.22. The normalized spacial score (nSPS) is 11.3. The summed E-state index contributed by atoms with van der Waals surface area (Å²) >= 11 is 5.84. The molecule has 0 radical (unpaired) electrons. The predicted molar refractivity (Wildman–Crippen MR) is 75.1 cm³/mol. The zero-order valence-electron chi connectivity index (χ0n) is 10.6. The van der Waals surface area contributed by atoms with Gasteiger partial charge in [0.2, 0.25) is 0 Å². The molecule has 1 rings (SSSR count). The Kier molecular flexibility index (Phi) is 5.62. The molecule has 5 nitrogen and oxygen atoms in total. The van der Waals surface area contributed by atoms with E-state index in [-0.39, 0.29) is 34.4 Å². The van der Waals surface area contributed by atoms with Crippen molar-refractivity contribution in [2.75, 3.05) is 23.8 Å². The first-order valence-corrected chi connectivity index (χ1v) is 7.99. The van der Waals surface area contributed by atoms with Crippen LogP contribution in [-0.4, -0.2) is 32.5 Å². The zero-order chi connectivity index (χ0) is 14.5. The second-order valence-electron chi connectivity index (χ2n) is 3.99. The summed E-state index contributed by atoms with van der Waals surface area (Å²) in [5.41, 5.74) is 5.89. The molecular formula is C12H16ClNO4S. The van der Waals surface area contributed by atoms with Crippen LogP contribution >= 0.6 is 11.6 Å². The van der Waals surface area contributed by atoms with Crippen molar-refractivity contribution in [3.63, 3.8) is 0 Å². The first kappa shape index (κ1) is 15.8. The summed E-state index contributed by atoms with van der Waals surface area (Å²) in [7, 11) is -3.17. The summed E-state index contributed by atoms with van der Waals surface area (Å²) in [5.74, 6) is -0.829. The van der Waals surface area contributed by atoms with E-state index in [1.54, 1.807) is 13.0 Å². The summed E-state index contributed by atoms with van der Waals surface area (Å²) in [6, 6.07) is 4.65. The van der Waals surface area contributed by atoms with Gasteiger partial charge in [-0.3, -0.25) is 0 Å². The van der Waals surface area contributed by atoms with E-state index < -0.39 is 15.8 Å². The van der Waals surface area contributed by atoms with Gasteiger partial charge < -0.3 is 10.5 Å². The molecule has 0 aliphatic heterocycles. The van der Waals surface area contributed by atoms with Crippen molar-refractivity contribution in [2.24, 2.45) is 0 Å². The van der Waals surface area contributed by atoms with Gasteiger partial charge in [0.05, 0.1) is 16.5 Å². The Morgan fingerprint density at radius 3 is 2.63 bits per heavy atom. The fourth-order valence-corrected chi connectivity index (χ4v) is 2.93.